The number of nitrogens with zero attached hydrogens (tertiary/aromatic N) is 1. The van der Waals surface area contributed by atoms with Crippen LogP contribution < -0.4 is 0 Å². The van der Waals surface area contributed by atoms with Gasteiger partial charge in [-0.05, 0) is 68.5 Å². The molecule has 1 heteroatoms. The van der Waals surface area contributed by atoms with Crippen molar-refractivity contribution in [3.63, 3.8) is 0 Å². The highest BCUT2D eigenvalue weighted by Crippen LogP contribution is 2.17. The van der Waals surface area contributed by atoms with Gasteiger partial charge in [-0.2, -0.15) is 0 Å². The number of hydrogen-bond acceptors (Lipinski definition) is 1. The van der Waals surface area contributed by atoms with Gasteiger partial charge >= 0.3 is 0 Å². The fraction of sp³-hybridized carbons (Fsp3) is 0.455. The quantitative estimate of drug-likeness (QED) is 0.626. The van der Waals surface area contributed by atoms with E-state index < -0.39 is 0 Å². The van der Waals surface area contributed by atoms with Crippen molar-refractivity contribution in [2.45, 2.75) is 46.0 Å². The van der Waals surface area contributed by atoms with Gasteiger partial charge in [0.05, 0.1) is 0 Å². The third kappa shape index (κ3) is 5.84. The SMILES string of the molecule is CCCc1cccc(C)c1CCN(C)CCCc1ccccc1. The fourth-order valence-electron chi connectivity index (χ4n) is 3.24. The van der Waals surface area contributed by atoms with Crippen molar-refractivity contribution in [1.29, 1.82) is 0 Å². The highest BCUT2D eigenvalue weighted by Gasteiger charge is 2.07. The van der Waals surface area contributed by atoms with Crippen LogP contribution in [0.3, 0.4) is 0 Å². The minimum absolute atomic E-state index is 1.15. The van der Waals surface area contributed by atoms with Gasteiger partial charge in [0.15, 0.2) is 0 Å². The number of aryl methyl sites for hydroxylation is 3. The summed E-state index contributed by atoms with van der Waals surface area (Å²) in [7, 11) is 2.25. The number of rotatable bonds is 9. The Morgan fingerprint density at radius 3 is 2.35 bits per heavy atom. The van der Waals surface area contributed by atoms with Gasteiger partial charge in [-0.15, -0.1) is 0 Å². The Labute approximate surface area is 142 Å². The van der Waals surface area contributed by atoms with Crippen molar-refractivity contribution in [3.05, 3.63) is 70.8 Å². The summed E-state index contributed by atoms with van der Waals surface area (Å²) in [5.41, 5.74) is 6.02. The van der Waals surface area contributed by atoms with Crippen molar-refractivity contribution < 1.29 is 0 Å². The van der Waals surface area contributed by atoms with Gasteiger partial charge in [-0.25, -0.2) is 0 Å². The normalized spacial score (nSPS) is 11.1. The lowest BCUT2D eigenvalue weighted by Crippen LogP contribution is -2.23. The second kappa shape index (κ2) is 9.52. The maximum Gasteiger partial charge on any atom is 0.00190 e. The Kier molecular flexibility index (Phi) is 7.35. The maximum absolute atomic E-state index is 2.48. The third-order valence-corrected chi connectivity index (χ3v) is 4.62. The van der Waals surface area contributed by atoms with Gasteiger partial charge in [0.25, 0.3) is 0 Å². The molecular formula is C22H31N. The first-order valence-electron chi connectivity index (χ1n) is 9.00. The molecule has 0 radical (unpaired) electrons. The molecule has 2 rings (SSSR count). The van der Waals surface area contributed by atoms with Crippen LogP contribution in [0.1, 0.15) is 42.0 Å². The molecule has 0 bridgehead atoms. The summed E-state index contributed by atoms with van der Waals surface area (Å²) in [4.78, 5) is 2.48. The van der Waals surface area contributed by atoms with Crippen molar-refractivity contribution in [1.82, 2.24) is 4.90 Å². The highest BCUT2D eigenvalue weighted by atomic mass is 15.1. The molecule has 0 aliphatic carbocycles. The summed E-state index contributed by atoms with van der Waals surface area (Å²) in [6.45, 7) is 6.84. The van der Waals surface area contributed by atoms with E-state index in [-0.39, 0.29) is 0 Å². The molecule has 0 aromatic heterocycles. The van der Waals surface area contributed by atoms with Crippen LogP contribution >= 0.6 is 0 Å². The standard InChI is InChI=1S/C22H31N/c1-4-10-21-15-8-11-19(2)22(21)16-18-23(3)17-9-14-20-12-6-5-7-13-20/h5-8,11-13,15H,4,9-10,14,16-18H2,1-3H3. The van der Waals surface area contributed by atoms with Gasteiger partial charge in [-0.1, -0.05) is 61.9 Å². The van der Waals surface area contributed by atoms with E-state index in [1.807, 2.05) is 0 Å². The molecule has 0 heterocycles. The lowest BCUT2D eigenvalue weighted by atomic mass is 9.96. The lowest BCUT2D eigenvalue weighted by molar-refractivity contribution is 0.333. The number of likely N-dealkylation sites (N-methyl/N-ethyl adjacent to an activating group) is 1. The Bertz CT molecular complexity index is 574. The van der Waals surface area contributed by atoms with Crippen LogP contribution in [0.25, 0.3) is 0 Å². The first kappa shape index (κ1) is 17.7. The van der Waals surface area contributed by atoms with E-state index >= 15 is 0 Å². The van der Waals surface area contributed by atoms with Crippen molar-refractivity contribution >= 4 is 0 Å². The fourth-order valence-corrected chi connectivity index (χ4v) is 3.24. The second-order valence-corrected chi connectivity index (χ2v) is 6.61. The zero-order valence-corrected chi connectivity index (χ0v) is 15.0. The Balaban J connectivity index is 1.79. The third-order valence-electron chi connectivity index (χ3n) is 4.62. The molecule has 23 heavy (non-hydrogen) atoms. The van der Waals surface area contributed by atoms with Crippen LogP contribution in [0, 0.1) is 6.92 Å². The van der Waals surface area contributed by atoms with E-state index in [1.54, 1.807) is 11.1 Å². The molecule has 2 aromatic carbocycles. The molecule has 0 amide bonds. The van der Waals surface area contributed by atoms with Crippen LogP contribution in [-0.4, -0.2) is 25.0 Å². The maximum atomic E-state index is 2.48. The van der Waals surface area contributed by atoms with Crippen LogP contribution in [0.15, 0.2) is 48.5 Å². The highest BCUT2D eigenvalue weighted by molar-refractivity contribution is 5.34. The monoisotopic (exact) mass is 309 g/mol. The molecule has 0 atom stereocenters. The summed E-state index contributed by atoms with van der Waals surface area (Å²) >= 11 is 0. The molecule has 1 nitrogen and oxygen atoms in total. The van der Waals surface area contributed by atoms with E-state index in [1.165, 1.54) is 49.8 Å². The van der Waals surface area contributed by atoms with Gasteiger partial charge < -0.3 is 4.90 Å². The summed E-state index contributed by atoms with van der Waals surface area (Å²) in [5.74, 6) is 0. The van der Waals surface area contributed by atoms with Crippen LogP contribution in [0.4, 0.5) is 0 Å². The zero-order valence-electron chi connectivity index (χ0n) is 15.0. The average Bonchev–Trinajstić information content (AvgIpc) is 2.55. The minimum atomic E-state index is 1.15. The minimum Gasteiger partial charge on any atom is -0.306 e. The second-order valence-electron chi connectivity index (χ2n) is 6.61. The van der Waals surface area contributed by atoms with Gasteiger partial charge in [-0.3, -0.25) is 0 Å². The van der Waals surface area contributed by atoms with E-state index in [4.69, 9.17) is 0 Å². The summed E-state index contributed by atoms with van der Waals surface area (Å²) < 4.78 is 0. The summed E-state index contributed by atoms with van der Waals surface area (Å²) in [5, 5.41) is 0. The Morgan fingerprint density at radius 2 is 1.61 bits per heavy atom. The number of benzene rings is 2. The molecule has 124 valence electrons. The number of hydrogen-bond donors (Lipinski definition) is 0. The zero-order chi connectivity index (χ0) is 16.5. The topological polar surface area (TPSA) is 3.24 Å². The molecule has 0 saturated carbocycles. The first-order valence-corrected chi connectivity index (χ1v) is 9.00. The summed E-state index contributed by atoms with van der Waals surface area (Å²) in [6.07, 6.45) is 6.01. The van der Waals surface area contributed by atoms with E-state index in [2.05, 4.69) is 74.3 Å². The molecule has 0 N–H and O–H groups in total. The molecule has 2 aromatic rings. The first-order chi connectivity index (χ1) is 11.2. The summed E-state index contributed by atoms with van der Waals surface area (Å²) in [6, 6.07) is 17.6. The van der Waals surface area contributed by atoms with Crippen molar-refractivity contribution in [3.8, 4) is 0 Å². The van der Waals surface area contributed by atoms with E-state index in [9.17, 15) is 0 Å². The van der Waals surface area contributed by atoms with Crippen molar-refractivity contribution in [2.24, 2.45) is 0 Å². The van der Waals surface area contributed by atoms with Gasteiger partial charge in [0.2, 0.25) is 0 Å². The van der Waals surface area contributed by atoms with Crippen LogP contribution in [0.5, 0.6) is 0 Å². The molecule has 0 unspecified atom stereocenters. The van der Waals surface area contributed by atoms with E-state index in [0.29, 0.717) is 0 Å². The van der Waals surface area contributed by atoms with Gasteiger partial charge in [0.1, 0.15) is 0 Å². The molecule has 0 fully saturated rings. The van der Waals surface area contributed by atoms with Gasteiger partial charge in [0, 0.05) is 6.54 Å². The average molecular weight is 309 g/mol. The van der Waals surface area contributed by atoms with Crippen LogP contribution in [-0.2, 0) is 19.3 Å². The predicted molar refractivity (Wildman–Crippen MR) is 101 cm³/mol. The Morgan fingerprint density at radius 1 is 0.826 bits per heavy atom. The van der Waals surface area contributed by atoms with Crippen LogP contribution in [0.2, 0.25) is 0 Å². The smallest absolute Gasteiger partial charge is 0.00190 e. The molecular weight excluding hydrogens is 278 g/mol. The Hall–Kier alpha value is -1.60. The molecule has 0 aliphatic heterocycles. The molecule has 0 saturated heterocycles. The van der Waals surface area contributed by atoms with E-state index in [0.717, 1.165) is 6.54 Å². The molecule has 0 aliphatic rings. The predicted octanol–water partition coefficient (Wildman–Crippen LogP) is 5.05. The largest absolute Gasteiger partial charge is 0.306 e. The lowest BCUT2D eigenvalue weighted by Gasteiger charge is -2.19. The van der Waals surface area contributed by atoms with Crippen molar-refractivity contribution in [2.75, 3.05) is 20.1 Å². The molecule has 0 spiro atoms.